The maximum Gasteiger partial charge on any atom is 0.191 e. The highest BCUT2D eigenvalue weighted by Gasteiger charge is 2.16. The average Bonchev–Trinajstić information content (AvgIpc) is 3.03. The number of aliphatic imine (C=N–C) groups is 1. The van der Waals surface area contributed by atoms with E-state index < -0.39 is 0 Å². The third kappa shape index (κ3) is 4.70. The summed E-state index contributed by atoms with van der Waals surface area (Å²) >= 11 is 12.2. The SMILES string of the molecule is CCNC(=NCc1cc(Cl)c(Cl)n1C)NCC(C)c1c(C)noc1C. The normalized spacial score (nSPS) is 13.2. The number of nitrogens with one attached hydrogen (secondary N) is 2. The first-order chi connectivity index (χ1) is 11.8. The van der Waals surface area contributed by atoms with Crippen molar-refractivity contribution < 1.29 is 4.52 Å². The van der Waals surface area contributed by atoms with Gasteiger partial charge in [0, 0.05) is 37.3 Å². The van der Waals surface area contributed by atoms with Crippen molar-refractivity contribution in [2.24, 2.45) is 12.0 Å². The highest BCUT2D eigenvalue weighted by Crippen LogP contribution is 2.25. The Morgan fingerprint density at radius 2 is 2.08 bits per heavy atom. The molecule has 2 rings (SSSR count). The van der Waals surface area contributed by atoms with Crippen molar-refractivity contribution in [2.45, 2.75) is 40.2 Å². The number of aromatic nitrogens is 2. The molecule has 0 radical (unpaired) electrons. The van der Waals surface area contributed by atoms with Crippen LogP contribution < -0.4 is 10.6 Å². The van der Waals surface area contributed by atoms with Gasteiger partial charge in [-0.1, -0.05) is 35.3 Å². The number of rotatable bonds is 6. The van der Waals surface area contributed by atoms with Crippen LogP contribution in [0.5, 0.6) is 0 Å². The first-order valence-electron chi connectivity index (χ1n) is 8.29. The van der Waals surface area contributed by atoms with Gasteiger partial charge in [-0.15, -0.1) is 0 Å². The summed E-state index contributed by atoms with van der Waals surface area (Å²) in [7, 11) is 1.87. The number of hydrogen-bond donors (Lipinski definition) is 2. The van der Waals surface area contributed by atoms with Gasteiger partial charge in [0.1, 0.15) is 10.9 Å². The van der Waals surface area contributed by atoms with Crippen molar-refractivity contribution in [3.8, 4) is 0 Å². The minimum Gasteiger partial charge on any atom is -0.361 e. The molecule has 6 nitrogen and oxygen atoms in total. The lowest BCUT2D eigenvalue weighted by Gasteiger charge is -2.16. The summed E-state index contributed by atoms with van der Waals surface area (Å²) in [6.07, 6.45) is 0. The fourth-order valence-electron chi connectivity index (χ4n) is 2.79. The largest absolute Gasteiger partial charge is 0.361 e. The van der Waals surface area contributed by atoms with Crippen LogP contribution in [0.25, 0.3) is 0 Å². The minimum absolute atomic E-state index is 0.258. The van der Waals surface area contributed by atoms with Crippen molar-refractivity contribution in [1.82, 2.24) is 20.4 Å². The van der Waals surface area contributed by atoms with Gasteiger partial charge < -0.3 is 19.7 Å². The molecule has 2 aromatic heterocycles. The van der Waals surface area contributed by atoms with Crippen LogP contribution in [-0.2, 0) is 13.6 Å². The Morgan fingerprint density at radius 1 is 1.36 bits per heavy atom. The van der Waals surface area contributed by atoms with Gasteiger partial charge in [-0.3, -0.25) is 0 Å². The van der Waals surface area contributed by atoms with E-state index in [1.165, 1.54) is 0 Å². The zero-order valence-corrected chi connectivity index (χ0v) is 16.8. The van der Waals surface area contributed by atoms with Gasteiger partial charge in [0.15, 0.2) is 5.96 Å². The Labute approximate surface area is 158 Å². The fraction of sp³-hybridized carbons (Fsp3) is 0.529. The molecule has 0 bridgehead atoms. The average molecular weight is 386 g/mol. The Hall–Kier alpha value is -1.66. The van der Waals surface area contributed by atoms with Crippen LogP contribution in [0.2, 0.25) is 10.2 Å². The van der Waals surface area contributed by atoms with Crippen LogP contribution in [0.4, 0.5) is 0 Å². The third-order valence-corrected chi connectivity index (χ3v) is 4.96. The molecular weight excluding hydrogens is 361 g/mol. The molecular formula is C17H25Cl2N5O. The van der Waals surface area contributed by atoms with E-state index in [1.54, 1.807) is 0 Å². The summed E-state index contributed by atoms with van der Waals surface area (Å²) in [5, 5.41) is 11.7. The maximum absolute atomic E-state index is 6.10. The molecule has 1 unspecified atom stereocenters. The van der Waals surface area contributed by atoms with Crippen LogP contribution in [-0.4, -0.2) is 28.8 Å². The summed E-state index contributed by atoms with van der Waals surface area (Å²) in [4.78, 5) is 4.61. The first kappa shape index (κ1) is 19.7. The van der Waals surface area contributed by atoms with E-state index in [2.05, 4.69) is 27.7 Å². The fourth-order valence-corrected chi connectivity index (χ4v) is 3.20. The number of nitrogens with zero attached hydrogens (tertiary/aromatic N) is 3. The summed E-state index contributed by atoms with van der Waals surface area (Å²) in [6.45, 7) is 10.1. The highest BCUT2D eigenvalue weighted by molar-refractivity contribution is 6.41. The zero-order chi connectivity index (χ0) is 18.6. The number of halogens is 2. The maximum atomic E-state index is 6.10. The van der Waals surface area contributed by atoms with Crippen LogP contribution in [0.3, 0.4) is 0 Å². The number of guanidine groups is 1. The summed E-state index contributed by atoms with van der Waals surface area (Å²) in [6, 6.07) is 1.84. The molecule has 0 fully saturated rings. The Kier molecular flexibility index (Phi) is 6.79. The monoisotopic (exact) mass is 385 g/mol. The predicted molar refractivity (Wildman–Crippen MR) is 103 cm³/mol. The first-order valence-corrected chi connectivity index (χ1v) is 9.05. The van der Waals surface area contributed by atoms with E-state index in [0.29, 0.717) is 16.7 Å². The number of hydrogen-bond acceptors (Lipinski definition) is 3. The van der Waals surface area contributed by atoms with Crippen LogP contribution in [0.15, 0.2) is 15.6 Å². The quantitative estimate of drug-likeness (QED) is 0.586. The summed E-state index contributed by atoms with van der Waals surface area (Å²) in [5.41, 5.74) is 3.03. The highest BCUT2D eigenvalue weighted by atomic mass is 35.5. The van der Waals surface area contributed by atoms with E-state index in [-0.39, 0.29) is 5.92 Å². The molecule has 0 aromatic carbocycles. The molecule has 25 heavy (non-hydrogen) atoms. The second-order valence-electron chi connectivity index (χ2n) is 6.05. The molecule has 0 spiro atoms. The van der Waals surface area contributed by atoms with E-state index in [1.807, 2.05) is 38.5 Å². The molecule has 8 heteroatoms. The summed E-state index contributed by atoms with van der Waals surface area (Å²) in [5.74, 6) is 1.87. The lowest BCUT2D eigenvalue weighted by atomic mass is 10.00. The van der Waals surface area contributed by atoms with Gasteiger partial charge in [-0.2, -0.15) is 0 Å². The molecule has 0 saturated heterocycles. The molecule has 0 saturated carbocycles. The standard InChI is InChI=1S/C17H25Cl2N5O/c1-6-20-17(22-9-13-7-14(18)16(19)24(13)5)21-8-10(2)15-11(3)23-25-12(15)4/h7,10H,6,8-9H2,1-5H3,(H2,20,21,22). The van der Waals surface area contributed by atoms with Gasteiger partial charge >= 0.3 is 0 Å². The molecule has 0 aliphatic carbocycles. The molecule has 0 amide bonds. The molecule has 1 atom stereocenters. The second kappa shape index (κ2) is 8.63. The molecule has 0 aliphatic heterocycles. The lowest BCUT2D eigenvalue weighted by molar-refractivity contribution is 0.391. The van der Waals surface area contributed by atoms with Crippen LogP contribution >= 0.6 is 23.2 Å². The topological polar surface area (TPSA) is 67.4 Å². The third-order valence-electron chi connectivity index (χ3n) is 4.12. The smallest absolute Gasteiger partial charge is 0.191 e. The van der Waals surface area contributed by atoms with Gasteiger partial charge in [0.2, 0.25) is 0 Å². The zero-order valence-electron chi connectivity index (χ0n) is 15.3. The minimum atomic E-state index is 0.258. The number of aryl methyl sites for hydroxylation is 2. The van der Waals surface area contributed by atoms with Gasteiger partial charge in [0.05, 0.1) is 17.3 Å². The summed E-state index contributed by atoms with van der Waals surface area (Å²) < 4.78 is 7.09. The van der Waals surface area contributed by atoms with E-state index in [4.69, 9.17) is 27.7 Å². The van der Waals surface area contributed by atoms with Crippen molar-refractivity contribution >= 4 is 29.2 Å². The van der Waals surface area contributed by atoms with Gasteiger partial charge in [-0.25, -0.2) is 4.99 Å². The Bertz CT molecular complexity index is 731. The molecule has 0 aliphatic rings. The van der Waals surface area contributed by atoms with Crippen molar-refractivity contribution in [3.63, 3.8) is 0 Å². The molecule has 2 N–H and O–H groups in total. The lowest BCUT2D eigenvalue weighted by Crippen LogP contribution is -2.39. The Balaban J connectivity index is 2.03. The van der Waals surface area contributed by atoms with Gasteiger partial charge in [0.25, 0.3) is 0 Å². The van der Waals surface area contributed by atoms with Crippen molar-refractivity contribution in [3.05, 3.63) is 39.0 Å². The molecule has 2 aromatic rings. The van der Waals surface area contributed by atoms with E-state index >= 15 is 0 Å². The molecule has 138 valence electrons. The second-order valence-corrected chi connectivity index (χ2v) is 6.81. The van der Waals surface area contributed by atoms with E-state index in [9.17, 15) is 0 Å². The molecule has 2 heterocycles. The van der Waals surface area contributed by atoms with Crippen LogP contribution in [0, 0.1) is 13.8 Å². The van der Waals surface area contributed by atoms with Gasteiger partial charge in [-0.05, 0) is 26.8 Å². The van der Waals surface area contributed by atoms with Crippen molar-refractivity contribution in [1.29, 1.82) is 0 Å². The van der Waals surface area contributed by atoms with E-state index in [0.717, 1.165) is 41.8 Å². The Morgan fingerprint density at radius 3 is 2.60 bits per heavy atom. The van der Waals surface area contributed by atoms with Crippen molar-refractivity contribution in [2.75, 3.05) is 13.1 Å². The van der Waals surface area contributed by atoms with Crippen LogP contribution in [0.1, 0.15) is 42.5 Å². The predicted octanol–water partition coefficient (Wildman–Crippen LogP) is 3.80.